The molecular weight excluding hydrogens is 308 g/mol. The van der Waals surface area contributed by atoms with E-state index >= 15 is 0 Å². The quantitative estimate of drug-likeness (QED) is 0.668. The van der Waals surface area contributed by atoms with Gasteiger partial charge in [-0.15, -0.1) is 0 Å². The second kappa shape index (κ2) is 6.45. The Hall–Kier alpha value is -3.28. The van der Waals surface area contributed by atoms with Crippen molar-refractivity contribution >= 4 is 23.6 Å². The highest BCUT2D eigenvalue weighted by molar-refractivity contribution is 6.31. The van der Waals surface area contributed by atoms with Crippen LogP contribution >= 0.6 is 0 Å². The Labute approximate surface area is 138 Å². The normalized spacial score (nSPS) is 15.7. The Morgan fingerprint density at radius 3 is 2.58 bits per heavy atom. The number of carbonyl (C=O) groups is 2. The molecule has 24 heavy (non-hydrogen) atoms. The van der Waals surface area contributed by atoms with Gasteiger partial charge in [0.25, 0.3) is 11.8 Å². The van der Waals surface area contributed by atoms with E-state index in [9.17, 15) is 14.7 Å². The minimum Gasteiger partial charge on any atom is -0.504 e. The zero-order valence-electron chi connectivity index (χ0n) is 13.0. The van der Waals surface area contributed by atoms with Gasteiger partial charge in [0, 0.05) is 5.56 Å². The summed E-state index contributed by atoms with van der Waals surface area (Å²) < 4.78 is 5.31. The van der Waals surface area contributed by atoms with Crippen LogP contribution in [0.5, 0.6) is 11.5 Å². The number of nitrogens with zero attached hydrogens (tertiary/aromatic N) is 1. The summed E-state index contributed by atoms with van der Waals surface area (Å²) in [6.07, 6.45) is 1.36. The maximum Gasteiger partial charge on any atom is 0.282 e. The molecule has 6 nitrogen and oxygen atoms in total. The fraction of sp³-hybridized carbons (Fsp3) is 0.111. The van der Waals surface area contributed by atoms with E-state index in [4.69, 9.17) is 4.74 Å². The summed E-state index contributed by atoms with van der Waals surface area (Å²) in [5, 5.41) is 11.4. The number of carbonyl (C=O) groups excluding carboxylic acids is 2. The molecule has 0 atom stereocenters. The van der Waals surface area contributed by atoms with Gasteiger partial charge in [-0.2, -0.15) is 0 Å². The average Bonchev–Trinajstić information content (AvgIpc) is 2.87. The van der Waals surface area contributed by atoms with E-state index < -0.39 is 11.8 Å². The lowest BCUT2D eigenvalue weighted by molar-refractivity contribution is -0.117. The molecule has 6 heteroatoms. The number of anilines is 1. The first-order valence-electron chi connectivity index (χ1n) is 7.48. The molecule has 0 bridgehead atoms. The van der Waals surface area contributed by atoms with Crippen molar-refractivity contribution in [3.63, 3.8) is 0 Å². The number of ether oxygens (including phenoxy) is 1. The highest BCUT2D eigenvalue weighted by Gasteiger charge is 2.34. The summed E-state index contributed by atoms with van der Waals surface area (Å²) >= 11 is 0. The largest absolute Gasteiger partial charge is 0.504 e. The van der Waals surface area contributed by atoms with E-state index in [1.807, 2.05) is 6.07 Å². The second-order valence-electron chi connectivity index (χ2n) is 5.10. The predicted molar refractivity (Wildman–Crippen MR) is 89.3 cm³/mol. The van der Waals surface area contributed by atoms with Crippen LogP contribution in [-0.4, -0.2) is 23.5 Å². The van der Waals surface area contributed by atoms with Gasteiger partial charge in [0.1, 0.15) is 5.57 Å². The molecule has 2 amide bonds. The average molecular weight is 324 g/mol. The molecule has 0 unspecified atom stereocenters. The maximum atomic E-state index is 12.5. The van der Waals surface area contributed by atoms with Crippen molar-refractivity contribution < 1.29 is 19.4 Å². The third-order valence-electron chi connectivity index (χ3n) is 3.54. The van der Waals surface area contributed by atoms with Crippen LogP contribution in [0.25, 0.3) is 6.08 Å². The Morgan fingerprint density at radius 1 is 1.12 bits per heavy atom. The van der Waals surface area contributed by atoms with Crippen LogP contribution in [0.15, 0.2) is 54.1 Å². The van der Waals surface area contributed by atoms with Gasteiger partial charge < -0.3 is 9.84 Å². The van der Waals surface area contributed by atoms with Crippen molar-refractivity contribution in [2.24, 2.45) is 0 Å². The molecule has 1 aliphatic rings. The molecule has 0 saturated carbocycles. The van der Waals surface area contributed by atoms with Gasteiger partial charge >= 0.3 is 0 Å². The Balaban J connectivity index is 1.95. The minimum absolute atomic E-state index is 0.0530. The zero-order chi connectivity index (χ0) is 17.1. The van der Waals surface area contributed by atoms with E-state index in [1.165, 1.54) is 11.1 Å². The first-order chi connectivity index (χ1) is 11.6. The fourth-order valence-electron chi connectivity index (χ4n) is 2.40. The van der Waals surface area contributed by atoms with Crippen molar-refractivity contribution in [2.75, 3.05) is 11.6 Å². The monoisotopic (exact) mass is 324 g/mol. The van der Waals surface area contributed by atoms with E-state index in [0.29, 0.717) is 23.6 Å². The molecule has 3 rings (SSSR count). The molecular formula is C18H16N2O4. The van der Waals surface area contributed by atoms with Crippen molar-refractivity contribution in [1.29, 1.82) is 0 Å². The molecule has 1 aliphatic heterocycles. The first kappa shape index (κ1) is 15.6. The van der Waals surface area contributed by atoms with E-state index in [-0.39, 0.29) is 11.3 Å². The lowest BCUT2D eigenvalue weighted by Crippen LogP contribution is -2.35. The van der Waals surface area contributed by atoms with E-state index in [0.717, 1.165) is 0 Å². The summed E-state index contributed by atoms with van der Waals surface area (Å²) in [6, 6.07) is 13.7. The molecule has 2 aromatic rings. The molecule has 0 aromatic heterocycles. The van der Waals surface area contributed by atoms with Gasteiger partial charge in [-0.25, -0.2) is 5.01 Å². The highest BCUT2D eigenvalue weighted by atomic mass is 16.5. The zero-order valence-corrected chi connectivity index (χ0v) is 13.0. The summed E-state index contributed by atoms with van der Waals surface area (Å²) in [6.45, 7) is 2.20. The fourth-order valence-corrected chi connectivity index (χ4v) is 2.40. The molecule has 2 N–H and O–H groups in total. The lowest BCUT2D eigenvalue weighted by atomic mass is 10.1. The SMILES string of the molecule is CCOc1cccc(/C=C2/C(=O)NN(c3ccccc3)C2=O)c1O. The molecule has 0 spiro atoms. The minimum atomic E-state index is -0.523. The van der Waals surface area contributed by atoms with Gasteiger partial charge in [0.2, 0.25) is 0 Å². The van der Waals surface area contributed by atoms with Crippen LogP contribution in [0.1, 0.15) is 12.5 Å². The number of hydrogen-bond acceptors (Lipinski definition) is 4. The third-order valence-corrected chi connectivity index (χ3v) is 3.54. The Morgan fingerprint density at radius 2 is 1.88 bits per heavy atom. The van der Waals surface area contributed by atoms with Crippen molar-refractivity contribution in [3.05, 3.63) is 59.7 Å². The van der Waals surface area contributed by atoms with Gasteiger partial charge in [-0.1, -0.05) is 30.3 Å². The van der Waals surface area contributed by atoms with Gasteiger partial charge in [0.15, 0.2) is 11.5 Å². The predicted octanol–water partition coefficient (Wildman–Crippen LogP) is 2.25. The van der Waals surface area contributed by atoms with Gasteiger partial charge in [-0.05, 0) is 31.2 Å². The number of hydrogen-bond donors (Lipinski definition) is 2. The number of rotatable bonds is 4. The van der Waals surface area contributed by atoms with E-state index in [2.05, 4.69) is 5.43 Å². The first-order valence-corrected chi connectivity index (χ1v) is 7.48. The number of para-hydroxylation sites is 2. The Bertz CT molecular complexity index is 815. The third kappa shape index (κ3) is 2.81. The number of nitrogens with one attached hydrogen (secondary N) is 1. The molecule has 1 fully saturated rings. The maximum absolute atomic E-state index is 12.5. The topological polar surface area (TPSA) is 78.9 Å². The standard InChI is InChI=1S/C18H16N2O4/c1-2-24-15-10-6-7-12(16(15)21)11-14-17(22)19-20(18(14)23)13-8-4-3-5-9-13/h3-11,21H,2H2,1H3,(H,19,22)/b14-11-. The van der Waals surface area contributed by atoms with Crippen LogP contribution in [0.4, 0.5) is 5.69 Å². The lowest BCUT2D eigenvalue weighted by Gasteiger charge is -2.13. The van der Waals surface area contributed by atoms with Crippen LogP contribution in [0.2, 0.25) is 0 Å². The molecule has 1 saturated heterocycles. The van der Waals surface area contributed by atoms with Crippen molar-refractivity contribution in [1.82, 2.24) is 5.43 Å². The molecule has 2 aromatic carbocycles. The molecule has 122 valence electrons. The summed E-state index contributed by atoms with van der Waals surface area (Å²) in [4.78, 5) is 24.6. The molecule has 0 radical (unpaired) electrons. The van der Waals surface area contributed by atoms with Crippen LogP contribution in [0.3, 0.4) is 0 Å². The summed E-state index contributed by atoms with van der Waals surface area (Å²) in [5.74, 6) is -0.805. The number of hydrazine groups is 1. The molecule has 1 heterocycles. The van der Waals surface area contributed by atoms with Crippen molar-refractivity contribution in [3.8, 4) is 11.5 Å². The smallest absolute Gasteiger partial charge is 0.282 e. The summed E-state index contributed by atoms with van der Waals surface area (Å²) in [5.41, 5.74) is 3.36. The molecule has 0 aliphatic carbocycles. The van der Waals surface area contributed by atoms with Crippen LogP contribution in [-0.2, 0) is 9.59 Å². The number of amides is 2. The second-order valence-corrected chi connectivity index (χ2v) is 5.10. The Kier molecular flexibility index (Phi) is 4.20. The number of benzene rings is 2. The van der Waals surface area contributed by atoms with Crippen molar-refractivity contribution in [2.45, 2.75) is 6.92 Å². The van der Waals surface area contributed by atoms with Gasteiger partial charge in [0.05, 0.1) is 12.3 Å². The number of phenols is 1. The van der Waals surface area contributed by atoms with Crippen LogP contribution in [0, 0.1) is 0 Å². The number of aromatic hydroxyl groups is 1. The van der Waals surface area contributed by atoms with Gasteiger partial charge in [-0.3, -0.25) is 15.0 Å². The van der Waals surface area contributed by atoms with Crippen LogP contribution < -0.4 is 15.2 Å². The number of phenolic OH excluding ortho intramolecular Hbond substituents is 1. The highest BCUT2D eigenvalue weighted by Crippen LogP contribution is 2.32. The van der Waals surface area contributed by atoms with E-state index in [1.54, 1.807) is 49.4 Å². The summed E-state index contributed by atoms with van der Waals surface area (Å²) in [7, 11) is 0.